The van der Waals surface area contributed by atoms with E-state index in [9.17, 15) is 14.7 Å². The van der Waals surface area contributed by atoms with E-state index in [2.05, 4.69) is 21.8 Å². The minimum atomic E-state index is -0.330. The van der Waals surface area contributed by atoms with Gasteiger partial charge in [-0.3, -0.25) is 14.3 Å². The summed E-state index contributed by atoms with van der Waals surface area (Å²) in [5.41, 5.74) is 2.70. The molecule has 7 heteroatoms. The van der Waals surface area contributed by atoms with Gasteiger partial charge in [-0.15, -0.1) is 0 Å². The summed E-state index contributed by atoms with van der Waals surface area (Å²) in [6.45, 7) is 5.98. The van der Waals surface area contributed by atoms with Gasteiger partial charge in [0.05, 0.1) is 12.1 Å². The Hall–Kier alpha value is -2.67. The number of aromatic nitrogens is 2. The molecule has 0 aliphatic heterocycles. The molecule has 0 radical (unpaired) electrons. The lowest BCUT2D eigenvalue weighted by Crippen LogP contribution is -2.42. The number of hydrogen-bond acceptors (Lipinski definition) is 4. The molecule has 0 bridgehead atoms. The van der Waals surface area contributed by atoms with Crippen LogP contribution in [0.2, 0.25) is 0 Å². The topological polar surface area (TPSA) is 96.3 Å². The van der Waals surface area contributed by atoms with Crippen LogP contribution in [-0.4, -0.2) is 45.9 Å². The number of nitrogens with zero attached hydrogens (tertiary/aromatic N) is 2. The first kappa shape index (κ1) is 21.0. The van der Waals surface area contributed by atoms with Gasteiger partial charge in [0.25, 0.3) is 11.8 Å². The van der Waals surface area contributed by atoms with Gasteiger partial charge in [0, 0.05) is 19.2 Å². The summed E-state index contributed by atoms with van der Waals surface area (Å²) in [6, 6.07) is 9.37. The van der Waals surface area contributed by atoms with Gasteiger partial charge in [0.1, 0.15) is 5.69 Å². The largest absolute Gasteiger partial charge is 0.393 e. The molecule has 156 valence electrons. The predicted molar refractivity (Wildman–Crippen MR) is 111 cm³/mol. The summed E-state index contributed by atoms with van der Waals surface area (Å²) >= 11 is 0. The third-order valence-electron chi connectivity index (χ3n) is 5.78. The minimum absolute atomic E-state index is 0.00183. The van der Waals surface area contributed by atoms with E-state index in [-0.39, 0.29) is 41.6 Å². The molecule has 0 unspecified atom stereocenters. The normalized spacial score (nSPS) is 22.7. The zero-order chi connectivity index (χ0) is 21.1. The summed E-state index contributed by atoms with van der Waals surface area (Å²) in [4.78, 5) is 25.2. The Balaban J connectivity index is 1.89. The van der Waals surface area contributed by atoms with Crippen molar-refractivity contribution in [1.29, 1.82) is 0 Å². The van der Waals surface area contributed by atoms with Gasteiger partial charge in [-0.2, -0.15) is 5.10 Å². The number of carbonyl (C=O) groups is 2. The van der Waals surface area contributed by atoms with Crippen LogP contribution in [0.3, 0.4) is 0 Å². The van der Waals surface area contributed by atoms with Crippen LogP contribution < -0.4 is 10.6 Å². The van der Waals surface area contributed by atoms with E-state index in [0.717, 1.165) is 24.0 Å². The number of hydrogen-bond donors (Lipinski definition) is 3. The smallest absolute Gasteiger partial charge is 0.271 e. The second-order valence-corrected chi connectivity index (χ2v) is 8.06. The van der Waals surface area contributed by atoms with Gasteiger partial charge in [0.15, 0.2) is 5.69 Å². The molecule has 4 atom stereocenters. The molecular weight excluding hydrogens is 368 g/mol. The fourth-order valence-corrected chi connectivity index (χ4v) is 3.94. The lowest BCUT2D eigenvalue weighted by atomic mass is 9.84. The van der Waals surface area contributed by atoms with Gasteiger partial charge in [-0.1, -0.05) is 36.8 Å². The Morgan fingerprint density at radius 1 is 1.24 bits per heavy atom. The first-order valence-electron chi connectivity index (χ1n) is 10.2. The Bertz CT molecular complexity index is 892. The van der Waals surface area contributed by atoms with Crippen LogP contribution in [0.5, 0.6) is 0 Å². The molecule has 1 saturated carbocycles. The molecule has 2 amide bonds. The van der Waals surface area contributed by atoms with E-state index in [4.69, 9.17) is 0 Å². The summed E-state index contributed by atoms with van der Waals surface area (Å²) in [7, 11) is 1.54. The van der Waals surface area contributed by atoms with Crippen molar-refractivity contribution in [3.63, 3.8) is 0 Å². The molecule has 1 aliphatic carbocycles. The lowest BCUT2D eigenvalue weighted by Gasteiger charge is -2.31. The minimum Gasteiger partial charge on any atom is -0.393 e. The van der Waals surface area contributed by atoms with Crippen molar-refractivity contribution in [3.05, 3.63) is 52.8 Å². The Morgan fingerprint density at radius 3 is 2.66 bits per heavy atom. The summed E-state index contributed by atoms with van der Waals surface area (Å²) in [5.74, 6) is -0.434. The van der Waals surface area contributed by atoms with Crippen molar-refractivity contribution >= 4 is 11.8 Å². The van der Waals surface area contributed by atoms with Gasteiger partial charge < -0.3 is 15.7 Å². The number of benzene rings is 1. The average molecular weight is 399 g/mol. The second kappa shape index (κ2) is 8.78. The fraction of sp³-hybridized carbons (Fsp3) is 0.500. The highest BCUT2D eigenvalue weighted by atomic mass is 16.3. The fourth-order valence-electron chi connectivity index (χ4n) is 3.94. The van der Waals surface area contributed by atoms with Crippen LogP contribution >= 0.6 is 0 Å². The highest BCUT2D eigenvalue weighted by Gasteiger charge is 2.29. The molecule has 1 aromatic carbocycles. The summed E-state index contributed by atoms with van der Waals surface area (Å²) in [6.07, 6.45) is 1.83. The molecule has 29 heavy (non-hydrogen) atoms. The summed E-state index contributed by atoms with van der Waals surface area (Å²) < 4.78 is 1.62. The number of nitrogens with one attached hydrogen (secondary N) is 2. The number of amides is 2. The maximum absolute atomic E-state index is 13.1. The van der Waals surface area contributed by atoms with E-state index < -0.39 is 0 Å². The first-order chi connectivity index (χ1) is 13.8. The monoisotopic (exact) mass is 398 g/mol. The molecule has 1 heterocycles. The average Bonchev–Trinajstić information content (AvgIpc) is 3.15. The lowest BCUT2D eigenvalue weighted by molar-refractivity contribution is 0.0612. The second-order valence-electron chi connectivity index (χ2n) is 8.06. The number of carbonyl (C=O) groups excluding carboxylic acids is 2. The van der Waals surface area contributed by atoms with E-state index in [1.165, 1.54) is 0 Å². The van der Waals surface area contributed by atoms with Crippen LogP contribution in [0.4, 0.5) is 0 Å². The molecule has 3 rings (SSSR count). The Morgan fingerprint density at radius 2 is 2.00 bits per heavy atom. The van der Waals surface area contributed by atoms with Crippen LogP contribution in [0.1, 0.15) is 71.3 Å². The van der Waals surface area contributed by atoms with Crippen molar-refractivity contribution in [2.45, 2.75) is 58.2 Å². The van der Waals surface area contributed by atoms with Gasteiger partial charge in [0.2, 0.25) is 0 Å². The van der Waals surface area contributed by atoms with Gasteiger partial charge >= 0.3 is 0 Å². The van der Waals surface area contributed by atoms with Crippen molar-refractivity contribution in [2.24, 2.45) is 5.92 Å². The van der Waals surface area contributed by atoms with Crippen LogP contribution in [0.25, 0.3) is 0 Å². The van der Waals surface area contributed by atoms with Crippen molar-refractivity contribution < 1.29 is 14.7 Å². The molecular formula is C22H30N4O3. The molecule has 2 aromatic rings. The number of aliphatic hydroxyl groups excluding tert-OH is 1. The van der Waals surface area contributed by atoms with Crippen molar-refractivity contribution in [2.75, 3.05) is 7.05 Å². The van der Waals surface area contributed by atoms with Crippen molar-refractivity contribution in [3.8, 4) is 0 Å². The number of aliphatic hydroxyl groups is 1. The van der Waals surface area contributed by atoms with Gasteiger partial charge in [-0.05, 0) is 44.6 Å². The SMILES string of the molecule is CNC(=O)c1cc(C(=O)N[C@H]2CC[C@@H](O)[C@H](C)C2)n([C@@H](C)c2cccc(C)c2)n1. The molecule has 1 fully saturated rings. The van der Waals surface area contributed by atoms with Crippen LogP contribution in [0.15, 0.2) is 30.3 Å². The molecule has 0 saturated heterocycles. The molecule has 0 spiro atoms. The Kier molecular flexibility index (Phi) is 6.37. The third-order valence-corrected chi connectivity index (χ3v) is 5.78. The molecule has 7 nitrogen and oxygen atoms in total. The van der Waals surface area contributed by atoms with E-state index in [1.807, 2.05) is 39.0 Å². The highest BCUT2D eigenvalue weighted by molar-refractivity contribution is 5.98. The zero-order valence-corrected chi connectivity index (χ0v) is 17.5. The maximum atomic E-state index is 13.1. The third kappa shape index (κ3) is 4.67. The summed E-state index contributed by atoms with van der Waals surface area (Å²) in [5, 5.41) is 20.0. The molecule has 1 aromatic heterocycles. The number of rotatable bonds is 5. The maximum Gasteiger partial charge on any atom is 0.271 e. The van der Waals surface area contributed by atoms with E-state index >= 15 is 0 Å². The van der Waals surface area contributed by atoms with Gasteiger partial charge in [-0.25, -0.2) is 0 Å². The van der Waals surface area contributed by atoms with E-state index in [0.29, 0.717) is 12.1 Å². The zero-order valence-electron chi connectivity index (χ0n) is 17.5. The highest BCUT2D eigenvalue weighted by Crippen LogP contribution is 2.25. The van der Waals surface area contributed by atoms with Crippen LogP contribution in [-0.2, 0) is 0 Å². The molecule has 1 aliphatic rings. The Labute approximate surface area is 171 Å². The van der Waals surface area contributed by atoms with Crippen LogP contribution in [0, 0.1) is 12.8 Å². The standard InChI is InChI=1S/C22H30N4O3/c1-13-6-5-7-16(10-13)15(3)26-19(12-18(25-26)21(28)23-4)22(29)24-17-8-9-20(27)14(2)11-17/h5-7,10,12,14-15,17,20,27H,8-9,11H2,1-4H3,(H,23,28)(H,24,29)/t14-,15+,17+,20-/m1/s1. The molecule has 3 N–H and O–H groups in total. The first-order valence-corrected chi connectivity index (χ1v) is 10.2. The van der Waals surface area contributed by atoms with E-state index in [1.54, 1.807) is 17.8 Å². The predicted octanol–water partition coefficient (Wildman–Crippen LogP) is 2.44. The quantitative estimate of drug-likeness (QED) is 0.721. The number of aryl methyl sites for hydroxylation is 1. The van der Waals surface area contributed by atoms with Crippen molar-refractivity contribution in [1.82, 2.24) is 20.4 Å².